The number of nitrogens with zero attached hydrogens (tertiary/aromatic N) is 2. The molecular formula is C21H31IN4O2S. The highest BCUT2D eigenvalue weighted by Gasteiger charge is 2.18. The van der Waals surface area contributed by atoms with Gasteiger partial charge in [0, 0.05) is 49.6 Å². The van der Waals surface area contributed by atoms with Crippen molar-refractivity contribution in [2.75, 3.05) is 26.8 Å². The summed E-state index contributed by atoms with van der Waals surface area (Å²) in [5, 5.41) is 7.91. The molecule has 2 N–H and O–H groups in total. The number of guanidine groups is 1. The highest BCUT2D eigenvalue weighted by molar-refractivity contribution is 14.0. The van der Waals surface area contributed by atoms with Crippen molar-refractivity contribution in [1.29, 1.82) is 0 Å². The maximum Gasteiger partial charge on any atom is 0.191 e. The summed E-state index contributed by atoms with van der Waals surface area (Å²) in [4.78, 5) is 10.1. The molecule has 2 heterocycles. The Morgan fingerprint density at radius 1 is 1.38 bits per heavy atom. The van der Waals surface area contributed by atoms with Crippen molar-refractivity contribution < 1.29 is 9.47 Å². The number of benzene rings is 1. The highest BCUT2D eigenvalue weighted by Crippen LogP contribution is 2.23. The van der Waals surface area contributed by atoms with E-state index in [9.17, 15) is 0 Å². The molecule has 8 heteroatoms. The smallest absolute Gasteiger partial charge is 0.191 e. The molecule has 2 aromatic rings. The van der Waals surface area contributed by atoms with Crippen LogP contribution in [-0.2, 0) is 24.1 Å². The molecule has 1 aromatic heterocycles. The van der Waals surface area contributed by atoms with Crippen molar-refractivity contribution in [3.63, 3.8) is 0 Å². The number of aromatic nitrogens is 1. The molecule has 1 fully saturated rings. The molecule has 1 aliphatic rings. The normalized spacial score (nSPS) is 16.4. The molecule has 1 aromatic carbocycles. The first-order valence-corrected chi connectivity index (χ1v) is 10.7. The van der Waals surface area contributed by atoms with Gasteiger partial charge in [0.15, 0.2) is 5.96 Å². The number of nitrogens with one attached hydrogen (secondary N) is 2. The minimum Gasteiger partial charge on any atom is -0.488 e. The van der Waals surface area contributed by atoms with E-state index in [-0.39, 0.29) is 30.1 Å². The Bertz CT molecular complexity index is 791. The van der Waals surface area contributed by atoms with E-state index in [1.165, 1.54) is 10.4 Å². The molecule has 160 valence electrons. The number of hydrogen-bond acceptors (Lipinski definition) is 5. The second kappa shape index (κ2) is 12.3. The molecule has 0 aliphatic carbocycles. The molecule has 0 amide bonds. The molecule has 0 radical (unpaired) electrons. The number of hydrogen-bond donors (Lipinski definition) is 2. The molecule has 1 atom stereocenters. The van der Waals surface area contributed by atoms with Crippen molar-refractivity contribution in [2.45, 2.75) is 45.8 Å². The van der Waals surface area contributed by atoms with Gasteiger partial charge in [-0.25, -0.2) is 4.98 Å². The molecule has 1 saturated heterocycles. The Kier molecular flexibility index (Phi) is 10.2. The SMILES string of the molecule is CCc1cnc(CCNC(=NC)NCc2ccc(C)cc2OC2CCOC2)s1.I. The van der Waals surface area contributed by atoms with E-state index in [4.69, 9.17) is 9.47 Å². The standard InChI is InChI=1S/C21H30N4O2S.HI/c1-4-18-13-24-20(28-18)7-9-23-21(22-3)25-12-16-6-5-15(2)11-19(16)27-17-8-10-26-14-17;/h5-6,11,13,17H,4,7-10,12,14H2,1-3H3,(H2,22,23,25);1H. The quantitative estimate of drug-likeness (QED) is 0.310. The maximum absolute atomic E-state index is 6.17. The molecule has 29 heavy (non-hydrogen) atoms. The average Bonchev–Trinajstić information content (AvgIpc) is 3.37. The number of thiazole rings is 1. The predicted octanol–water partition coefficient (Wildman–Crippen LogP) is 3.71. The monoisotopic (exact) mass is 530 g/mol. The second-order valence-corrected chi connectivity index (χ2v) is 8.09. The molecule has 3 rings (SSSR count). The molecule has 1 unspecified atom stereocenters. The Morgan fingerprint density at radius 2 is 2.24 bits per heavy atom. The van der Waals surface area contributed by atoms with Crippen LogP contribution in [0.2, 0.25) is 0 Å². The molecule has 0 bridgehead atoms. The third-order valence-corrected chi connectivity index (χ3v) is 5.86. The largest absolute Gasteiger partial charge is 0.488 e. The van der Waals surface area contributed by atoms with E-state index in [0.29, 0.717) is 13.2 Å². The van der Waals surface area contributed by atoms with Crippen LogP contribution in [0.15, 0.2) is 29.4 Å². The second-order valence-electron chi connectivity index (χ2n) is 6.89. The third-order valence-electron chi connectivity index (χ3n) is 4.66. The lowest BCUT2D eigenvalue weighted by atomic mass is 10.1. The van der Waals surface area contributed by atoms with Gasteiger partial charge in [-0.3, -0.25) is 4.99 Å². The first-order chi connectivity index (χ1) is 13.7. The van der Waals surface area contributed by atoms with Crippen LogP contribution >= 0.6 is 35.3 Å². The number of rotatable bonds is 8. The van der Waals surface area contributed by atoms with Gasteiger partial charge in [0.25, 0.3) is 0 Å². The van der Waals surface area contributed by atoms with Crippen molar-refractivity contribution in [2.24, 2.45) is 4.99 Å². The summed E-state index contributed by atoms with van der Waals surface area (Å²) < 4.78 is 11.6. The number of ether oxygens (including phenoxy) is 2. The number of aliphatic imine (C=N–C) groups is 1. The first-order valence-electron chi connectivity index (χ1n) is 9.90. The zero-order valence-electron chi connectivity index (χ0n) is 17.4. The summed E-state index contributed by atoms with van der Waals surface area (Å²) >= 11 is 1.78. The lowest BCUT2D eigenvalue weighted by Gasteiger charge is -2.18. The van der Waals surface area contributed by atoms with Crippen LogP contribution in [0.3, 0.4) is 0 Å². The van der Waals surface area contributed by atoms with Crippen molar-refractivity contribution in [3.05, 3.63) is 45.4 Å². The summed E-state index contributed by atoms with van der Waals surface area (Å²) in [5.74, 6) is 1.70. The molecule has 0 saturated carbocycles. The van der Waals surface area contributed by atoms with E-state index in [1.54, 1.807) is 18.4 Å². The summed E-state index contributed by atoms with van der Waals surface area (Å²) in [6.07, 6.45) is 5.00. The van der Waals surface area contributed by atoms with Gasteiger partial charge in [-0.2, -0.15) is 0 Å². The van der Waals surface area contributed by atoms with Crippen LogP contribution in [0, 0.1) is 6.92 Å². The number of halogens is 1. The third kappa shape index (κ3) is 7.42. The van der Waals surface area contributed by atoms with Gasteiger partial charge in [0.2, 0.25) is 0 Å². The molecule has 0 spiro atoms. The van der Waals surface area contributed by atoms with E-state index in [0.717, 1.165) is 54.7 Å². The van der Waals surface area contributed by atoms with Crippen LogP contribution in [-0.4, -0.2) is 43.9 Å². The molecular weight excluding hydrogens is 499 g/mol. The van der Waals surface area contributed by atoms with Crippen LogP contribution in [0.1, 0.15) is 34.4 Å². The Labute approximate surface area is 194 Å². The summed E-state index contributed by atoms with van der Waals surface area (Å²) in [6.45, 7) is 7.13. The van der Waals surface area contributed by atoms with Crippen LogP contribution < -0.4 is 15.4 Å². The van der Waals surface area contributed by atoms with E-state index in [1.807, 2.05) is 6.20 Å². The zero-order chi connectivity index (χ0) is 19.8. The minimum atomic E-state index is 0. The van der Waals surface area contributed by atoms with Crippen molar-refractivity contribution in [1.82, 2.24) is 15.6 Å². The van der Waals surface area contributed by atoms with Gasteiger partial charge in [0.05, 0.1) is 18.2 Å². The topological polar surface area (TPSA) is 67.8 Å². The van der Waals surface area contributed by atoms with Gasteiger partial charge >= 0.3 is 0 Å². The predicted molar refractivity (Wildman–Crippen MR) is 130 cm³/mol. The van der Waals surface area contributed by atoms with Crippen molar-refractivity contribution >= 4 is 41.3 Å². The van der Waals surface area contributed by atoms with Gasteiger partial charge < -0.3 is 20.1 Å². The Hall–Kier alpha value is -1.39. The fraction of sp³-hybridized carbons (Fsp3) is 0.524. The lowest BCUT2D eigenvalue weighted by Crippen LogP contribution is -2.38. The summed E-state index contributed by atoms with van der Waals surface area (Å²) in [7, 11) is 1.79. The number of aryl methyl sites for hydroxylation is 2. The lowest BCUT2D eigenvalue weighted by molar-refractivity contribution is 0.140. The van der Waals surface area contributed by atoms with Crippen LogP contribution in [0.5, 0.6) is 5.75 Å². The van der Waals surface area contributed by atoms with Gasteiger partial charge in [-0.15, -0.1) is 35.3 Å². The summed E-state index contributed by atoms with van der Waals surface area (Å²) in [5.41, 5.74) is 2.31. The van der Waals surface area contributed by atoms with Crippen molar-refractivity contribution in [3.8, 4) is 5.75 Å². The van der Waals surface area contributed by atoms with Gasteiger partial charge in [-0.05, 0) is 25.0 Å². The fourth-order valence-corrected chi connectivity index (χ4v) is 3.88. The average molecular weight is 530 g/mol. The molecule has 1 aliphatic heterocycles. The van der Waals surface area contributed by atoms with Crippen LogP contribution in [0.25, 0.3) is 0 Å². The minimum absolute atomic E-state index is 0. The maximum atomic E-state index is 6.17. The van der Waals surface area contributed by atoms with E-state index < -0.39 is 0 Å². The molecule has 6 nitrogen and oxygen atoms in total. The summed E-state index contributed by atoms with van der Waals surface area (Å²) in [6, 6.07) is 6.32. The van der Waals surface area contributed by atoms with Gasteiger partial charge in [0.1, 0.15) is 11.9 Å². The Morgan fingerprint density at radius 3 is 2.93 bits per heavy atom. The Balaban J connectivity index is 0.00000300. The zero-order valence-corrected chi connectivity index (χ0v) is 20.5. The van der Waals surface area contributed by atoms with E-state index >= 15 is 0 Å². The fourth-order valence-electron chi connectivity index (χ4n) is 3.02. The first kappa shape index (κ1) is 23.9. The van der Waals surface area contributed by atoms with Crippen LogP contribution in [0.4, 0.5) is 0 Å². The highest BCUT2D eigenvalue weighted by atomic mass is 127. The van der Waals surface area contributed by atoms with E-state index in [2.05, 4.69) is 52.7 Å². The van der Waals surface area contributed by atoms with Gasteiger partial charge in [-0.1, -0.05) is 19.1 Å².